The van der Waals surface area contributed by atoms with Crippen molar-refractivity contribution in [2.75, 3.05) is 43.0 Å². The van der Waals surface area contributed by atoms with Crippen molar-refractivity contribution in [3.63, 3.8) is 0 Å². The molecule has 0 amide bonds. The van der Waals surface area contributed by atoms with Crippen molar-refractivity contribution in [1.29, 1.82) is 0 Å². The molecule has 1 fully saturated rings. The first kappa shape index (κ1) is 44.1. The molecule has 3 aromatic carbocycles. The average molecular weight is 912 g/mol. The first-order chi connectivity index (χ1) is 29.3. The maximum Gasteiger partial charge on any atom is 0.446 e. The molecule has 4 aromatic rings. The molecular weight excluding hydrogens is 861 g/mol. The van der Waals surface area contributed by atoms with Gasteiger partial charge < -0.3 is 10.1 Å². The molecule has 2 N–H and O–H groups in total. The number of alkyl halides is 3. The average Bonchev–Trinajstić information content (AvgIpc) is 3.29. The van der Waals surface area contributed by atoms with Crippen molar-refractivity contribution >= 4 is 56.7 Å². The molecule has 2 bridgehead atoms. The highest BCUT2D eigenvalue weighted by Gasteiger charge is 2.39. The van der Waals surface area contributed by atoms with Gasteiger partial charge in [0.05, 0.1) is 16.2 Å². The van der Waals surface area contributed by atoms with E-state index in [4.69, 9.17) is 16.3 Å². The van der Waals surface area contributed by atoms with E-state index in [0.717, 1.165) is 67.3 Å². The number of sulfonamides is 1. The van der Waals surface area contributed by atoms with Crippen molar-refractivity contribution in [2.45, 2.75) is 96.9 Å². The number of likely N-dealkylation sites (N-methyl/N-ethyl adjacent to an activating group) is 1. The van der Waals surface area contributed by atoms with E-state index in [1.807, 2.05) is 31.4 Å². The van der Waals surface area contributed by atoms with Gasteiger partial charge in [-0.2, -0.15) is 13.2 Å². The Morgan fingerprint density at radius 1 is 1.03 bits per heavy atom. The highest BCUT2D eigenvalue weighted by Crippen LogP contribution is 2.43. The minimum atomic E-state index is -4.63. The Morgan fingerprint density at radius 2 is 1.82 bits per heavy atom. The third-order valence-electron chi connectivity index (χ3n) is 12.5. The standard InChI is InChI=1S/C45H50ClF3N6O3S3/c1-54-22-18-33(28-59-36-8-5-7-35(54)24-36)52-40-15-14-37(25-42(40)60-45(47,48)49)61(56,57)53-43-39-19-23-55(27-41(39)50-29-51-43)34-16-20-44(58-2,21-17-34)26-31-6-3-4-9-38(31)30-10-12-32(46)13-11-30/h3-6,8-15,24-25,29,33-35,52H,7,16-23,26-28H2,1-2H3,(H,50,51,53)/t33-,34?,35?,44?/m1/s1. The summed E-state index contributed by atoms with van der Waals surface area (Å²) in [7, 11) is -0.449. The third-order valence-corrected chi connectivity index (χ3v) is 16.0. The van der Waals surface area contributed by atoms with Gasteiger partial charge in [-0.1, -0.05) is 66.2 Å². The third kappa shape index (κ3) is 10.6. The first-order valence-corrected chi connectivity index (χ1v) is 24.3. The van der Waals surface area contributed by atoms with Crippen LogP contribution in [0.1, 0.15) is 55.3 Å². The van der Waals surface area contributed by atoms with Crippen LogP contribution in [-0.4, -0.2) is 90.4 Å². The van der Waals surface area contributed by atoms with Crippen LogP contribution in [0.5, 0.6) is 0 Å². The van der Waals surface area contributed by atoms with E-state index in [0.29, 0.717) is 48.3 Å². The number of ether oxygens (including phenoxy) is 1. The second-order valence-corrected chi connectivity index (χ2v) is 20.7. The van der Waals surface area contributed by atoms with Gasteiger partial charge in [-0.3, -0.25) is 14.5 Å². The topological polar surface area (TPSA) is 99.7 Å². The Morgan fingerprint density at radius 3 is 2.59 bits per heavy atom. The van der Waals surface area contributed by atoms with E-state index in [1.165, 1.54) is 29.6 Å². The Kier molecular flexibility index (Phi) is 13.5. The van der Waals surface area contributed by atoms with Crippen molar-refractivity contribution in [3.05, 3.63) is 118 Å². The maximum atomic E-state index is 13.9. The summed E-state index contributed by atoms with van der Waals surface area (Å²) in [6.45, 7) is 1.99. The van der Waals surface area contributed by atoms with Crippen molar-refractivity contribution in [3.8, 4) is 11.1 Å². The number of nitrogens with zero attached hydrogens (tertiary/aromatic N) is 4. The summed E-state index contributed by atoms with van der Waals surface area (Å²) in [6, 6.07) is 20.7. The lowest BCUT2D eigenvalue weighted by molar-refractivity contribution is -0.0565. The van der Waals surface area contributed by atoms with Crippen molar-refractivity contribution in [1.82, 2.24) is 19.8 Å². The number of halogens is 4. The molecule has 0 radical (unpaired) electrons. The molecule has 324 valence electrons. The summed E-state index contributed by atoms with van der Waals surface area (Å²) in [5, 5.41) is 4.03. The number of aromatic nitrogens is 2. The van der Waals surface area contributed by atoms with Crippen LogP contribution in [-0.2, 0) is 34.1 Å². The number of nitrogens with one attached hydrogen (secondary N) is 2. The lowest BCUT2D eigenvalue weighted by Crippen LogP contribution is -2.47. The second-order valence-electron chi connectivity index (χ2n) is 16.3. The molecule has 2 atom stereocenters. The highest BCUT2D eigenvalue weighted by molar-refractivity contribution is 8.03. The number of allylic oxidation sites excluding steroid dienone is 1. The number of hydrogen-bond acceptors (Lipinski definition) is 10. The molecule has 1 aromatic heterocycles. The smallest absolute Gasteiger partial charge is 0.381 e. The molecule has 16 heteroatoms. The summed E-state index contributed by atoms with van der Waals surface area (Å²) in [6.07, 6.45) is 14.4. The van der Waals surface area contributed by atoms with Gasteiger partial charge >= 0.3 is 5.51 Å². The number of anilines is 2. The Balaban J connectivity index is 0.933. The van der Waals surface area contributed by atoms with Gasteiger partial charge in [0.15, 0.2) is 0 Å². The fraction of sp³-hybridized carbons (Fsp3) is 0.422. The van der Waals surface area contributed by atoms with Gasteiger partial charge in [0.1, 0.15) is 12.1 Å². The molecule has 1 saturated carbocycles. The van der Waals surface area contributed by atoms with E-state index in [2.05, 4.69) is 79.3 Å². The van der Waals surface area contributed by atoms with Gasteiger partial charge in [0.25, 0.3) is 10.0 Å². The molecule has 61 heavy (non-hydrogen) atoms. The maximum absolute atomic E-state index is 13.9. The van der Waals surface area contributed by atoms with Crippen LogP contribution < -0.4 is 10.0 Å². The van der Waals surface area contributed by atoms with Crippen LogP contribution in [0.3, 0.4) is 0 Å². The number of fused-ring (bicyclic) bond motifs is 2. The number of rotatable bonds is 11. The van der Waals surface area contributed by atoms with Gasteiger partial charge in [0, 0.05) is 83.1 Å². The zero-order valence-corrected chi connectivity index (χ0v) is 37.3. The number of methoxy groups -OCH3 is 1. The van der Waals surface area contributed by atoms with E-state index in [1.54, 1.807) is 11.8 Å². The molecule has 0 spiro atoms. The Hall–Kier alpha value is -3.57. The Labute approximate surface area is 370 Å². The van der Waals surface area contributed by atoms with Gasteiger partial charge in [-0.15, -0.1) is 11.8 Å². The Bertz CT molecular complexity index is 2380. The SMILES string of the molecule is COC1(Cc2ccccc2-c2ccc(Cl)cc2)CCC(N2CCc3c(ncnc3NS(=O)(=O)c3ccc(N[C@@H]4CCN(C)C5C=C(C=CC5)SC4)c(SC(F)(F)F)c3)C2)CC1. The minimum absolute atomic E-state index is 0.138. The van der Waals surface area contributed by atoms with Crippen LogP contribution in [0, 0.1) is 0 Å². The molecule has 8 rings (SSSR count). The summed E-state index contributed by atoms with van der Waals surface area (Å²) < 4.78 is 78.5. The second kappa shape index (κ2) is 18.6. The monoisotopic (exact) mass is 910 g/mol. The minimum Gasteiger partial charge on any atom is -0.381 e. The zero-order chi connectivity index (χ0) is 42.8. The van der Waals surface area contributed by atoms with Crippen LogP contribution in [0.4, 0.5) is 24.7 Å². The number of benzene rings is 3. The molecule has 3 heterocycles. The molecule has 1 unspecified atom stereocenters. The van der Waals surface area contributed by atoms with Crippen LogP contribution in [0.2, 0.25) is 5.02 Å². The van der Waals surface area contributed by atoms with Crippen LogP contribution >= 0.6 is 35.1 Å². The molecular formula is C45H50ClF3N6O3S3. The van der Waals surface area contributed by atoms with E-state index >= 15 is 0 Å². The lowest BCUT2D eigenvalue weighted by Gasteiger charge is -2.44. The summed E-state index contributed by atoms with van der Waals surface area (Å²) >= 11 is 7.53. The fourth-order valence-corrected chi connectivity index (χ4v) is 12.0. The zero-order valence-electron chi connectivity index (χ0n) is 34.1. The molecule has 0 saturated heterocycles. The molecule has 2 aliphatic heterocycles. The normalized spacial score (nSPS) is 23.9. The molecule has 9 nitrogen and oxygen atoms in total. The van der Waals surface area contributed by atoms with Crippen LogP contribution in [0.15, 0.2) is 106 Å². The van der Waals surface area contributed by atoms with Gasteiger partial charge in [-0.25, -0.2) is 18.4 Å². The largest absolute Gasteiger partial charge is 0.446 e. The van der Waals surface area contributed by atoms with E-state index in [-0.39, 0.29) is 50.7 Å². The quantitative estimate of drug-likeness (QED) is 0.142. The van der Waals surface area contributed by atoms with Gasteiger partial charge in [0.2, 0.25) is 0 Å². The summed E-state index contributed by atoms with van der Waals surface area (Å²) in [5.41, 5.74) is 0.277. The summed E-state index contributed by atoms with van der Waals surface area (Å²) in [5.74, 6) is 0.804. The lowest BCUT2D eigenvalue weighted by atomic mass is 9.76. The van der Waals surface area contributed by atoms with E-state index < -0.39 is 15.5 Å². The van der Waals surface area contributed by atoms with Crippen LogP contribution in [0.25, 0.3) is 11.1 Å². The molecule has 4 aliphatic rings. The number of hydrogen-bond donors (Lipinski definition) is 2. The van der Waals surface area contributed by atoms with Crippen molar-refractivity contribution in [2.24, 2.45) is 0 Å². The first-order valence-electron chi connectivity index (χ1n) is 20.6. The number of thioether (sulfide) groups is 2. The molecule has 2 aliphatic carbocycles. The fourth-order valence-electron chi connectivity index (χ4n) is 9.02. The predicted molar refractivity (Wildman–Crippen MR) is 241 cm³/mol. The van der Waals surface area contributed by atoms with Crippen molar-refractivity contribution < 1.29 is 26.3 Å². The predicted octanol–water partition coefficient (Wildman–Crippen LogP) is 10.2. The summed E-state index contributed by atoms with van der Waals surface area (Å²) in [4.78, 5) is 14.2. The van der Waals surface area contributed by atoms with Gasteiger partial charge in [-0.05, 0) is 111 Å². The highest BCUT2D eigenvalue weighted by atomic mass is 35.5. The van der Waals surface area contributed by atoms with E-state index in [9.17, 15) is 21.6 Å².